The van der Waals surface area contributed by atoms with Crippen LogP contribution in [-0.4, -0.2) is 24.1 Å². The van der Waals surface area contributed by atoms with Crippen molar-refractivity contribution < 1.29 is 14.7 Å². The van der Waals surface area contributed by atoms with Crippen LogP contribution in [0, 0.1) is 5.41 Å². The molecule has 0 fully saturated rings. The summed E-state index contributed by atoms with van der Waals surface area (Å²) in [4.78, 5) is 12.2. The van der Waals surface area contributed by atoms with Crippen LogP contribution in [0.2, 0.25) is 0 Å². The molecule has 8 heteroatoms. The molecule has 0 unspecified atom stereocenters. The Kier molecular flexibility index (Phi) is 5.41. The minimum Gasteiger partial charge on any atom is -0.495 e. The number of benzene rings is 1. The van der Waals surface area contributed by atoms with Crippen molar-refractivity contribution in [2.75, 3.05) is 12.4 Å². The van der Waals surface area contributed by atoms with Gasteiger partial charge in [0, 0.05) is 10.5 Å². The lowest BCUT2D eigenvalue weighted by Crippen LogP contribution is -2.42. The summed E-state index contributed by atoms with van der Waals surface area (Å²) in [6.07, 6.45) is 0. The minimum atomic E-state index is -1.14. The molecule has 0 aliphatic rings. The minimum absolute atomic E-state index is 0.171. The molecule has 0 spiro atoms. The summed E-state index contributed by atoms with van der Waals surface area (Å²) in [6.45, 7) is 3.11. The molecule has 0 atom stereocenters. The average Bonchev–Trinajstić information content (AvgIpc) is 2.40. The number of amides is 1. The molecule has 0 bridgehead atoms. The van der Waals surface area contributed by atoms with Crippen LogP contribution in [0.25, 0.3) is 0 Å². The summed E-state index contributed by atoms with van der Waals surface area (Å²) in [5.74, 6) is -0.00169. The maximum atomic E-state index is 12.2. The van der Waals surface area contributed by atoms with Crippen LogP contribution in [0.1, 0.15) is 13.8 Å². The fraction of sp³-hybridized carbons (Fsp3) is 0.333. The van der Waals surface area contributed by atoms with Crippen molar-refractivity contribution in [3.63, 3.8) is 0 Å². The van der Waals surface area contributed by atoms with Crippen LogP contribution < -0.4 is 15.8 Å². The number of carbonyl (C=O) groups is 1. The van der Waals surface area contributed by atoms with Gasteiger partial charge in [-0.2, -0.15) is 0 Å². The van der Waals surface area contributed by atoms with Crippen molar-refractivity contribution in [1.82, 2.24) is 0 Å². The molecule has 1 aromatic carbocycles. The second-order valence-corrected chi connectivity index (χ2v) is 6.24. The molecule has 0 radical (unpaired) electrons. The standard InChI is InChI=1S/C12H15Br2N3O3/c1-12(2,10(15)17-19)11(18)16-8-5-9(20-3)7(14)4-6(8)13/h4-5,19H,1-3H3,(H2,15,17)(H,16,18). The van der Waals surface area contributed by atoms with Gasteiger partial charge in [-0.25, -0.2) is 0 Å². The molecule has 0 saturated carbocycles. The van der Waals surface area contributed by atoms with Gasteiger partial charge < -0.3 is 21.0 Å². The number of hydrogen-bond donors (Lipinski definition) is 3. The van der Waals surface area contributed by atoms with Crippen LogP contribution in [0.3, 0.4) is 0 Å². The highest BCUT2D eigenvalue weighted by atomic mass is 79.9. The number of hydrogen-bond acceptors (Lipinski definition) is 4. The number of nitrogens with zero attached hydrogens (tertiary/aromatic N) is 1. The number of ether oxygens (including phenoxy) is 1. The highest BCUT2D eigenvalue weighted by molar-refractivity contribution is 9.11. The molecule has 1 amide bonds. The monoisotopic (exact) mass is 407 g/mol. The molecule has 0 heterocycles. The van der Waals surface area contributed by atoms with E-state index in [1.165, 1.54) is 7.11 Å². The predicted molar refractivity (Wildman–Crippen MR) is 84.2 cm³/mol. The first kappa shape index (κ1) is 16.8. The van der Waals surface area contributed by atoms with Gasteiger partial charge in [-0.3, -0.25) is 4.79 Å². The highest BCUT2D eigenvalue weighted by Crippen LogP contribution is 2.35. The Morgan fingerprint density at radius 2 is 2.00 bits per heavy atom. The fourth-order valence-electron chi connectivity index (χ4n) is 1.30. The number of methoxy groups -OCH3 is 1. The van der Waals surface area contributed by atoms with Crippen LogP contribution in [0.15, 0.2) is 26.2 Å². The molecule has 0 aliphatic carbocycles. The van der Waals surface area contributed by atoms with Crippen molar-refractivity contribution in [3.8, 4) is 5.75 Å². The SMILES string of the molecule is COc1cc(NC(=O)C(C)(C)/C(N)=N/O)c(Br)cc1Br. The fourth-order valence-corrected chi connectivity index (χ4v) is 2.56. The van der Waals surface area contributed by atoms with E-state index >= 15 is 0 Å². The van der Waals surface area contributed by atoms with E-state index < -0.39 is 11.3 Å². The molecule has 1 aromatic rings. The quantitative estimate of drug-likeness (QED) is 0.309. The van der Waals surface area contributed by atoms with Gasteiger partial charge in [0.1, 0.15) is 11.2 Å². The van der Waals surface area contributed by atoms with E-state index in [4.69, 9.17) is 15.7 Å². The Labute approximate surface area is 133 Å². The smallest absolute Gasteiger partial charge is 0.237 e. The van der Waals surface area contributed by atoms with Gasteiger partial charge in [0.05, 0.1) is 17.3 Å². The van der Waals surface area contributed by atoms with Crippen molar-refractivity contribution in [2.24, 2.45) is 16.3 Å². The lowest BCUT2D eigenvalue weighted by molar-refractivity contribution is -0.121. The van der Waals surface area contributed by atoms with E-state index in [2.05, 4.69) is 42.3 Å². The van der Waals surface area contributed by atoms with Crippen LogP contribution >= 0.6 is 31.9 Å². The van der Waals surface area contributed by atoms with E-state index in [0.717, 1.165) is 4.47 Å². The highest BCUT2D eigenvalue weighted by Gasteiger charge is 2.33. The molecule has 1 rings (SSSR count). The zero-order valence-electron chi connectivity index (χ0n) is 11.2. The van der Waals surface area contributed by atoms with Crippen LogP contribution in [0.4, 0.5) is 5.69 Å². The molecule has 0 aromatic heterocycles. The average molecular weight is 409 g/mol. The van der Waals surface area contributed by atoms with Crippen LogP contribution in [0.5, 0.6) is 5.75 Å². The van der Waals surface area contributed by atoms with Gasteiger partial charge in [-0.05, 0) is 51.8 Å². The first-order valence-corrected chi connectivity index (χ1v) is 7.15. The number of oxime groups is 1. The van der Waals surface area contributed by atoms with E-state index in [9.17, 15) is 4.79 Å². The molecule has 0 aliphatic heterocycles. The largest absolute Gasteiger partial charge is 0.495 e. The summed E-state index contributed by atoms with van der Waals surface area (Å²) < 4.78 is 6.59. The van der Waals surface area contributed by atoms with E-state index in [0.29, 0.717) is 15.9 Å². The summed E-state index contributed by atoms with van der Waals surface area (Å²) in [6, 6.07) is 3.42. The Hall–Kier alpha value is -1.28. The van der Waals surface area contributed by atoms with Gasteiger partial charge in [0.2, 0.25) is 5.91 Å². The van der Waals surface area contributed by atoms with Crippen molar-refractivity contribution in [1.29, 1.82) is 0 Å². The Morgan fingerprint density at radius 1 is 1.40 bits per heavy atom. The van der Waals surface area contributed by atoms with Gasteiger partial charge in [0.25, 0.3) is 0 Å². The zero-order valence-corrected chi connectivity index (χ0v) is 14.4. The van der Waals surface area contributed by atoms with E-state index in [-0.39, 0.29) is 5.84 Å². The Morgan fingerprint density at radius 3 is 2.50 bits per heavy atom. The van der Waals surface area contributed by atoms with Crippen molar-refractivity contribution in [3.05, 3.63) is 21.1 Å². The lowest BCUT2D eigenvalue weighted by Gasteiger charge is -2.22. The molecular formula is C12H15Br2N3O3. The Bertz CT molecular complexity index is 559. The number of carbonyl (C=O) groups excluding carboxylic acids is 1. The third-order valence-corrected chi connectivity index (χ3v) is 4.08. The second kappa shape index (κ2) is 6.45. The van der Waals surface area contributed by atoms with Gasteiger partial charge >= 0.3 is 0 Å². The third kappa shape index (κ3) is 3.43. The van der Waals surface area contributed by atoms with Crippen molar-refractivity contribution >= 4 is 49.3 Å². The predicted octanol–water partition coefficient (Wildman–Crippen LogP) is 2.93. The molecular weight excluding hydrogens is 394 g/mol. The first-order valence-electron chi connectivity index (χ1n) is 5.56. The summed E-state index contributed by atoms with van der Waals surface area (Å²) in [5, 5.41) is 14.3. The summed E-state index contributed by atoms with van der Waals surface area (Å²) in [7, 11) is 1.53. The van der Waals surface area contributed by atoms with Gasteiger partial charge in [-0.1, -0.05) is 5.16 Å². The molecule has 4 N–H and O–H groups in total. The lowest BCUT2D eigenvalue weighted by atomic mass is 9.91. The normalized spacial score (nSPS) is 12.2. The van der Waals surface area contributed by atoms with Gasteiger partial charge in [0.15, 0.2) is 5.84 Å². The van der Waals surface area contributed by atoms with Crippen molar-refractivity contribution in [2.45, 2.75) is 13.8 Å². The number of halogens is 2. The summed E-state index contributed by atoms with van der Waals surface area (Å²) >= 11 is 6.69. The summed E-state index contributed by atoms with van der Waals surface area (Å²) in [5.41, 5.74) is 4.90. The van der Waals surface area contributed by atoms with Gasteiger partial charge in [-0.15, -0.1) is 0 Å². The molecule has 20 heavy (non-hydrogen) atoms. The number of amidine groups is 1. The Balaban J connectivity index is 3.08. The maximum Gasteiger partial charge on any atom is 0.237 e. The molecule has 110 valence electrons. The number of nitrogens with two attached hydrogens (primary N) is 1. The zero-order chi connectivity index (χ0) is 15.5. The third-order valence-electron chi connectivity index (χ3n) is 2.81. The number of rotatable bonds is 4. The van der Waals surface area contributed by atoms with E-state index in [1.54, 1.807) is 26.0 Å². The van der Waals surface area contributed by atoms with Crippen LogP contribution in [-0.2, 0) is 4.79 Å². The first-order chi connectivity index (χ1) is 9.23. The van der Waals surface area contributed by atoms with E-state index in [1.807, 2.05) is 0 Å². The number of nitrogens with one attached hydrogen (secondary N) is 1. The topological polar surface area (TPSA) is 96.9 Å². The maximum absolute atomic E-state index is 12.2. The second-order valence-electron chi connectivity index (χ2n) is 4.53. The molecule has 0 saturated heterocycles. The number of anilines is 1. The molecule has 6 nitrogen and oxygen atoms in total.